The smallest absolute Gasteiger partial charge is 0.357 e. The van der Waals surface area contributed by atoms with Gasteiger partial charge in [0.05, 0.1) is 52.5 Å². The number of pyridine rings is 3. The molecule has 9 heterocycles. The summed E-state index contributed by atoms with van der Waals surface area (Å²) in [5, 5.41) is 45.0. The highest BCUT2D eigenvalue weighted by Gasteiger charge is 2.37. The van der Waals surface area contributed by atoms with E-state index in [1.54, 1.807) is 87.5 Å². The average Bonchev–Trinajstić information content (AvgIpc) is 0.772. The molecule has 556 valence electrons. The molecule has 3 fully saturated rings. The molecule has 105 heavy (non-hydrogen) atoms. The molecule has 3 amide bonds. The summed E-state index contributed by atoms with van der Waals surface area (Å²) in [4.78, 5) is 130. The normalized spacial score (nSPS) is 13.7. The van der Waals surface area contributed by atoms with Crippen LogP contribution in [0.1, 0.15) is 63.3 Å². The van der Waals surface area contributed by atoms with Gasteiger partial charge in [0.1, 0.15) is 17.1 Å². The van der Waals surface area contributed by atoms with Gasteiger partial charge in [-0.05, 0) is 136 Å². The zero-order valence-electron chi connectivity index (χ0n) is 56.0. The second-order valence-electron chi connectivity index (χ2n) is 24.9. The standard InChI is InChI=1S/C25H21ClN4O4S.C23H26ClN5O4S.C22H24ClN5O4S.3CH4/c26-18-8-9-20-19(15-18)22(27-10-12-28(13-11-27)24(31)21-7-4-14-35-21)23(30(33)34)25(32)29(20)16-17-5-2-1-3-6-17;1-25(2)8-4-9-28-18-7-6-16(24)15-17(18)20(21(23(28)31)29(32)33)26-10-12-27(13-11-26)22(30)19-5-3-14-34-19;1-24(2)7-12-27-17-6-5-15(23)14-16(17)19(20(22(27)30)28(31)32)25-8-10-26(11-9-25)21(29)18-4-3-13-33-18;;;/h1-9,14-15H,10-13,16H2;3,5-7,14-15H,4,8-13H2,1-2H3;3-6,13-14H,7-12H2,1-2H3;3*1H4. The first kappa shape index (κ1) is 81.1. The Labute approximate surface area is 633 Å². The van der Waals surface area contributed by atoms with E-state index in [0.717, 1.165) is 12.1 Å². The largest absolute Gasteiger partial charge is 0.362 e. The number of likely N-dealkylation sites (N-methyl/N-ethyl adjacent to an activating group) is 1. The average molecular weight is 1550 g/mol. The molecule has 26 nitrogen and oxygen atoms in total. The Bertz CT molecular complexity index is 4960. The third-order valence-corrected chi connectivity index (χ3v) is 21.1. The summed E-state index contributed by atoms with van der Waals surface area (Å²) in [6, 6.07) is 35.5. The van der Waals surface area contributed by atoms with Crippen LogP contribution in [-0.4, -0.2) is 191 Å². The molecule has 6 aromatic heterocycles. The first-order valence-corrected chi connectivity index (χ1v) is 36.3. The third kappa shape index (κ3) is 18.0. The van der Waals surface area contributed by atoms with Gasteiger partial charge in [-0.25, -0.2) is 0 Å². The minimum atomic E-state index is -0.666. The molecule has 10 aromatic rings. The van der Waals surface area contributed by atoms with Gasteiger partial charge in [0, 0.05) is 129 Å². The van der Waals surface area contributed by atoms with Crippen molar-refractivity contribution in [2.45, 2.75) is 48.3 Å². The number of carbonyl (C=O) groups excluding carboxylic acids is 3. The fraction of sp³-hybridized carbons (Fsp3) is 0.342. The van der Waals surface area contributed by atoms with E-state index in [9.17, 15) is 59.1 Å². The van der Waals surface area contributed by atoms with Crippen LogP contribution in [0, 0.1) is 30.3 Å². The number of nitrogens with zero attached hydrogens (tertiary/aromatic N) is 14. The van der Waals surface area contributed by atoms with Crippen LogP contribution in [0.5, 0.6) is 0 Å². The summed E-state index contributed by atoms with van der Waals surface area (Å²) < 4.78 is 4.36. The molecule has 0 radical (unpaired) electrons. The zero-order chi connectivity index (χ0) is 72.6. The number of halogens is 3. The van der Waals surface area contributed by atoms with Crippen LogP contribution in [0.3, 0.4) is 0 Å². The van der Waals surface area contributed by atoms with E-state index in [1.165, 1.54) is 47.7 Å². The van der Waals surface area contributed by atoms with Crippen molar-refractivity contribution in [3.05, 3.63) is 234 Å². The van der Waals surface area contributed by atoms with Crippen LogP contribution >= 0.6 is 68.8 Å². The maximum absolute atomic E-state index is 13.5. The summed E-state index contributed by atoms with van der Waals surface area (Å²) in [5.41, 5.74) is 0.143. The SMILES string of the molecule is C.C.C.CN(C)CCCn1c(=O)c([N+](=O)[O-])c(N2CCN(C(=O)c3cccs3)CC2)c2cc(Cl)ccc21.CN(C)CCn1c(=O)c([N+](=O)[O-])c(N2CCN(C(=O)c3cccs3)CC2)c2cc(Cl)ccc21.O=C(c1cccs1)N1CCN(c2c([N+](=O)[O-])c(=O)n(Cc3ccccc3)c3ccc(Cl)cc23)CC1. The molecule has 4 aromatic carbocycles. The van der Waals surface area contributed by atoms with Crippen molar-refractivity contribution >= 4 is 153 Å². The lowest BCUT2D eigenvalue weighted by Crippen LogP contribution is -2.49. The van der Waals surface area contributed by atoms with Crippen molar-refractivity contribution in [1.29, 1.82) is 0 Å². The molecule has 32 heteroatoms. The second kappa shape index (κ2) is 35.9. The molecular weight excluding hydrogens is 1470 g/mol. The van der Waals surface area contributed by atoms with Crippen molar-refractivity contribution in [2.75, 3.05) is 135 Å². The Hall–Kier alpha value is -9.59. The zero-order valence-corrected chi connectivity index (χ0v) is 60.7. The number of nitro groups is 3. The third-order valence-electron chi connectivity index (χ3n) is 17.9. The minimum Gasteiger partial charge on any atom is -0.362 e. The Morgan fingerprint density at radius 3 is 1.04 bits per heavy atom. The topological polar surface area (TPSA) is 273 Å². The lowest BCUT2D eigenvalue weighted by Gasteiger charge is -2.36. The highest BCUT2D eigenvalue weighted by Crippen LogP contribution is 2.40. The summed E-state index contributed by atoms with van der Waals surface area (Å²) in [7, 11) is 7.64. The number of aromatic nitrogens is 3. The number of aryl methyl sites for hydroxylation is 1. The summed E-state index contributed by atoms with van der Waals surface area (Å²) >= 11 is 23.0. The first-order valence-electron chi connectivity index (χ1n) is 32.6. The number of piperazine rings is 3. The monoisotopic (exact) mass is 1550 g/mol. The Morgan fingerprint density at radius 1 is 0.419 bits per heavy atom. The number of hydrogen-bond acceptors (Lipinski definition) is 20. The lowest BCUT2D eigenvalue weighted by molar-refractivity contribution is -0.385. The van der Waals surface area contributed by atoms with Gasteiger partial charge in [0.25, 0.3) is 17.7 Å². The van der Waals surface area contributed by atoms with Crippen LogP contribution in [0.2, 0.25) is 15.1 Å². The fourth-order valence-electron chi connectivity index (χ4n) is 12.9. The number of rotatable bonds is 18. The maximum atomic E-state index is 13.5. The quantitative estimate of drug-likeness (QED) is 0.0570. The number of fused-ring (bicyclic) bond motifs is 3. The van der Waals surface area contributed by atoms with E-state index in [0.29, 0.717) is 167 Å². The Balaban J connectivity index is 0.000000196. The predicted molar refractivity (Wildman–Crippen MR) is 424 cm³/mol. The van der Waals surface area contributed by atoms with Crippen molar-refractivity contribution in [1.82, 2.24) is 38.2 Å². The fourth-order valence-corrected chi connectivity index (χ4v) is 15.5. The first-order chi connectivity index (χ1) is 49.0. The highest BCUT2D eigenvalue weighted by atomic mass is 35.5. The molecule has 0 bridgehead atoms. The molecule has 0 saturated carbocycles. The van der Waals surface area contributed by atoms with Gasteiger partial charge in [-0.2, -0.15) is 0 Å². The Morgan fingerprint density at radius 2 is 0.733 bits per heavy atom. The number of amides is 3. The molecule has 0 N–H and O–H groups in total. The van der Waals surface area contributed by atoms with Gasteiger partial charge < -0.3 is 48.3 Å². The molecule has 3 saturated heterocycles. The van der Waals surface area contributed by atoms with Crippen molar-refractivity contribution < 1.29 is 29.2 Å². The minimum absolute atomic E-state index is 0. The van der Waals surface area contributed by atoms with E-state index >= 15 is 0 Å². The van der Waals surface area contributed by atoms with Crippen LogP contribution in [0.25, 0.3) is 32.7 Å². The van der Waals surface area contributed by atoms with Crippen LogP contribution < -0.4 is 31.4 Å². The molecule has 0 aliphatic carbocycles. The van der Waals surface area contributed by atoms with E-state index in [1.807, 2.05) is 117 Å². The van der Waals surface area contributed by atoms with E-state index in [4.69, 9.17) is 34.8 Å². The number of benzene rings is 4. The van der Waals surface area contributed by atoms with E-state index < -0.39 is 48.5 Å². The number of thiophene rings is 3. The van der Waals surface area contributed by atoms with Crippen molar-refractivity contribution in [2.24, 2.45) is 0 Å². The summed E-state index contributed by atoms with van der Waals surface area (Å²) in [5.74, 6) is -0.153. The van der Waals surface area contributed by atoms with E-state index in [-0.39, 0.29) is 63.6 Å². The molecule has 0 atom stereocenters. The number of carbonyl (C=O) groups is 3. The molecule has 0 spiro atoms. The second-order valence-corrected chi connectivity index (χ2v) is 29.0. The predicted octanol–water partition coefficient (Wildman–Crippen LogP) is 13.2. The van der Waals surface area contributed by atoms with Gasteiger partial charge in [0.2, 0.25) is 0 Å². The van der Waals surface area contributed by atoms with Gasteiger partial charge in [-0.15, -0.1) is 34.0 Å². The van der Waals surface area contributed by atoms with Crippen LogP contribution in [0.4, 0.5) is 34.1 Å². The lowest BCUT2D eigenvalue weighted by atomic mass is 10.1. The molecule has 13 rings (SSSR count). The Kier molecular flexibility index (Phi) is 27.7. The van der Waals surface area contributed by atoms with Gasteiger partial charge >= 0.3 is 33.7 Å². The van der Waals surface area contributed by atoms with Gasteiger partial charge in [-0.1, -0.05) is 106 Å². The summed E-state index contributed by atoms with van der Waals surface area (Å²) in [6.07, 6.45) is 0.671. The molecule has 3 aliphatic heterocycles. The summed E-state index contributed by atoms with van der Waals surface area (Å²) in [6.45, 7) is 6.80. The molecule has 0 unspecified atom stereocenters. The van der Waals surface area contributed by atoms with E-state index in [2.05, 4.69) is 0 Å². The van der Waals surface area contributed by atoms with Crippen molar-refractivity contribution in [3.63, 3.8) is 0 Å². The van der Waals surface area contributed by atoms with Crippen molar-refractivity contribution in [3.8, 4) is 0 Å². The van der Waals surface area contributed by atoms with Gasteiger partial charge in [-0.3, -0.25) is 63.7 Å². The number of anilines is 3. The number of hydrogen-bond donors (Lipinski definition) is 0. The van der Waals surface area contributed by atoms with Crippen LogP contribution in [-0.2, 0) is 19.6 Å². The van der Waals surface area contributed by atoms with Crippen LogP contribution in [0.15, 0.2) is 152 Å². The highest BCUT2D eigenvalue weighted by molar-refractivity contribution is 7.12. The maximum Gasteiger partial charge on any atom is 0.357 e. The van der Waals surface area contributed by atoms with Gasteiger partial charge in [0.15, 0.2) is 0 Å². The molecular formula is C73H83Cl3N14O12S3. The molecule has 3 aliphatic rings.